The number of hydrogen-bond donors (Lipinski definition) is 1. The van der Waals surface area contributed by atoms with Crippen LogP contribution in [0.1, 0.15) is 23.6 Å². The second-order valence-electron chi connectivity index (χ2n) is 9.55. The predicted molar refractivity (Wildman–Crippen MR) is 172 cm³/mol. The highest BCUT2D eigenvalue weighted by molar-refractivity contribution is 9.10. The average molecular weight is 696 g/mol. The van der Waals surface area contributed by atoms with E-state index >= 15 is 0 Å². The Kier molecular flexibility index (Phi) is 9.89. The summed E-state index contributed by atoms with van der Waals surface area (Å²) >= 11 is 15.9. The van der Waals surface area contributed by atoms with Gasteiger partial charge in [-0.1, -0.05) is 63.4 Å². The smallest absolute Gasteiger partial charge is 0.335 e. The van der Waals surface area contributed by atoms with Crippen LogP contribution in [-0.2, 0) is 22.8 Å². The van der Waals surface area contributed by atoms with E-state index in [1.54, 1.807) is 55.5 Å². The van der Waals surface area contributed by atoms with E-state index < -0.39 is 17.8 Å². The normalized spacial score (nSPS) is 14.0. The van der Waals surface area contributed by atoms with Crippen LogP contribution in [0, 0.1) is 0 Å². The quantitative estimate of drug-likeness (QED) is 0.134. The molecule has 0 bridgehead atoms. The molecule has 11 heteroatoms. The Morgan fingerprint density at radius 1 is 0.818 bits per heavy atom. The average Bonchev–Trinajstić information content (AvgIpc) is 3.00. The van der Waals surface area contributed by atoms with Gasteiger partial charge in [-0.2, -0.15) is 0 Å². The summed E-state index contributed by atoms with van der Waals surface area (Å²) in [6.07, 6.45) is 1.35. The molecule has 4 aromatic carbocycles. The lowest BCUT2D eigenvalue weighted by Crippen LogP contribution is -2.54. The molecule has 0 radical (unpaired) electrons. The monoisotopic (exact) mass is 694 g/mol. The van der Waals surface area contributed by atoms with Crippen molar-refractivity contribution in [2.45, 2.75) is 20.1 Å². The molecule has 8 nitrogen and oxygen atoms in total. The Balaban J connectivity index is 1.35. The van der Waals surface area contributed by atoms with Gasteiger partial charge in [0.25, 0.3) is 11.8 Å². The summed E-state index contributed by atoms with van der Waals surface area (Å²) in [5.41, 5.74) is 2.26. The maximum absolute atomic E-state index is 13.5. The fourth-order valence-electron chi connectivity index (χ4n) is 4.31. The van der Waals surface area contributed by atoms with E-state index in [-0.39, 0.29) is 22.9 Å². The molecule has 4 aromatic rings. The second kappa shape index (κ2) is 14.0. The van der Waals surface area contributed by atoms with Crippen molar-refractivity contribution in [3.05, 3.63) is 122 Å². The lowest BCUT2D eigenvalue weighted by molar-refractivity contribution is -0.122. The highest BCUT2D eigenvalue weighted by Crippen LogP contribution is 2.38. The van der Waals surface area contributed by atoms with E-state index in [1.807, 2.05) is 36.4 Å². The van der Waals surface area contributed by atoms with Gasteiger partial charge in [-0.3, -0.25) is 14.9 Å². The molecular formula is C33H25BrCl2N2O6. The largest absolute Gasteiger partial charge is 0.490 e. The van der Waals surface area contributed by atoms with Crippen LogP contribution in [0.3, 0.4) is 0 Å². The lowest BCUT2D eigenvalue weighted by Gasteiger charge is -2.26. The molecule has 0 unspecified atom stereocenters. The van der Waals surface area contributed by atoms with Crippen LogP contribution in [0.2, 0.25) is 10.0 Å². The highest BCUT2D eigenvalue weighted by atomic mass is 79.9. The lowest BCUT2D eigenvalue weighted by atomic mass is 10.1. The predicted octanol–water partition coefficient (Wildman–Crippen LogP) is 7.98. The topological polar surface area (TPSA) is 94.2 Å². The summed E-state index contributed by atoms with van der Waals surface area (Å²) in [7, 11) is 0. The van der Waals surface area contributed by atoms with E-state index in [2.05, 4.69) is 21.2 Å². The molecule has 5 rings (SSSR count). The number of ether oxygens (including phenoxy) is 3. The molecule has 44 heavy (non-hydrogen) atoms. The van der Waals surface area contributed by atoms with Gasteiger partial charge >= 0.3 is 6.03 Å². The Bertz CT molecular complexity index is 1730. The molecule has 1 N–H and O–H groups in total. The number of anilines is 1. The number of urea groups is 1. The van der Waals surface area contributed by atoms with Gasteiger partial charge in [-0.25, -0.2) is 9.69 Å². The molecule has 4 amide bonds. The van der Waals surface area contributed by atoms with E-state index in [9.17, 15) is 14.4 Å². The number of nitrogens with zero attached hydrogens (tertiary/aromatic N) is 1. The van der Waals surface area contributed by atoms with Crippen LogP contribution in [-0.4, -0.2) is 24.5 Å². The third kappa shape index (κ3) is 7.42. The summed E-state index contributed by atoms with van der Waals surface area (Å²) in [6, 6.07) is 23.6. The first-order valence-corrected chi connectivity index (χ1v) is 15.0. The summed E-state index contributed by atoms with van der Waals surface area (Å²) in [5.74, 6) is -0.437. The summed E-state index contributed by atoms with van der Waals surface area (Å²) in [5, 5.41) is 3.05. The minimum Gasteiger partial charge on any atom is -0.490 e. The van der Waals surface area contributed by atoms with Crippen molar-refractivity contribution in [3.8, 4) is 17.2 Å². The summed E-state index contributed by atoms with van der Waals surface area (Å²) < 4.78 is 18.5. The molecular weight excluding hydrogens is 671 g/mol. The summed E-state index contributed by atoms with van der Waals surface area (Å²) in [6.45, 7) is 2.68. The Morgan fingerprint density at radius 2 is 1.45 bits per heavy atom. The van der Waals surface area contributed by atoms with Gasteiger partial charge in [0.1, 0.15) is 24.5 Å². The Labute approximate surface area is 272 Å². The number of nitrogens with one attached hydrogen (secondary N) is 1. The van der Waals surface area contributed by atoms with Crippen molar-refractivity contribution in [1.29, 1.82) is 0 Å². The molecule has 1 fully saturated rings. The maximum Gasteiger partial charge on any atom is 0.335 e. The Morgan fingerprint density at radius 3 is 2.11 bits per heavy atom. The number of rotatable bonds is 10. The van der Waals surface area contributed by atoms with Gasteiger partial charge < -0.3 is 14.2 Å². The molecule has 1 heterocycles. The number of carbonyl (C=O) groups excluding carboxylic acids is 3. The minimum atomic E-state index is -0.861. The molecule has 1 aliphatic rings. The Hall–Kier alpha value is -4.31. The molecule has 0 spiro atoms. The molecule has 1 aliphatic heterocycles. The van der Waals surface area contributed by atoms with Crippen molar-refractivity contribution >= 4 is 68.7 Å². The van der Waals surface area contributed by atoms with Gasteiger partial charge in [-0.15, -0.1) is 0 Å². The van der Waals surface area contributed by atoms with Gasteiger partial charge in [0.05, 0.1) is 17.3 Å². The first-order valence-electron chi connectivity index (χ1n) is 13.4. The van der Waals surface area contributed by atoms with Gasteiger partial charge in [0.2, 0.25) is 0 Å². The fourth-order valence-corrected chi connectivity index (χ4v) is 4.97. The molecule has 0 saturated carbocycles. The molecule has 224 valence electrons. The van der Waals surface area contributed by atoms with E-state index in [1.165, 1.54) is 6.08 Å². The molecule has 0 aromatic heterocycles. The molecule has 0 aliphatic carbocycles. The SMILES string of the molecule is CCOc1cc(/C=C2\C(=O)NC(=O)N(c3ccc(OCc4ccc(Br)cc4)cc3)C2=O)cc(Cl)c1OCc1ccc(Cl)cc1. The number of hydrogen-bond acceptors (Lipinski definition) is 6. The van der Waals surface area contributed by atoms with Gasteiger partial charge in [-0.05, 0) is 90.4 Å². The molecule has 0 atom stereocenters. The first kappa shape index (κ1) is 31.1. The number of barbiturate groups is 1. The van der Waals surface area contributed by atoms with Crippen LogP contribution in [0.5, 0.6) is 17.2 Å². The maximum atomic E-state index is 13.5. The van der Waals surface area contributed by atoms with Crippen LogP contribution in [0.4, 0.5) is 10.5 Å². The van der Waals surface area contributed by atoms with Crippen LogP contribution in [0.15, 0.2) is 95.0 Å². The first-order chi connectivity index (χ1) is 21.2. The zero-order valence-electron chi connectivity index (χ0n) is 23.3. The van der Waals surface area contributed by atoms with E-state index in [0.29, 0.717) is 41.0 Å². The number of amides is 4. The van der Waals surface area contributed by atoms with Crippen molar-refractivity contribution in [3.63, 3.8) is 0 Å². The van der Waals surface area contributed by atoms with Crippen molar-refractivity contribution in [2.24, 2.45) is 0 Å². The third-order valence-corrected chi connectivity index (χ3v) is 7.52. The second-order valence-corrected chi connectivity index (χ2v) is 11.3. The van der Waals surface area contributed by atoms with Gasteiger partial charge in [0.15, 0.2) is 11.5 Å². The van der Waals surface area contributed by atoms with Gasteiger partial charge in [0, 0.05) is 9.50 Å². The number of halogens is 3. The highest BCUT2D eigenvalue weighted by Gasteiger charge is 2.37. The van der Waals surface area contributed by atoms with Crippen molar-refractivity contribution in [1.82, 2.24) is 5.32 Å². The van der Waals surface area contributed by atoms with Crippen LogP contribution < -0.4 is 24.4 Å². The number of carbonyl (C=O) groups is 3. The zero-order chi connectivity index (χ0) is 31.2. The van der Waals surface area contributed by atoms with Crippen molar-refractivity contribution < 1.29 is 28.6 Å². The molecule has 1 saturated heterocycles. The summed E-state index contributed by atoms with van der Waals surface area (Å²) in [4.78, 5) is 39.8. The number of benzene rings is 4. The zero-order valence-corrected chi connectivity index (χ0v) is 26.4. The van der Waals surface area contributed by atoms with Crippen LogP contribution >= 0.6 is 39.1 Å². The minimum absolute atomic E-state index is 0.212. The number of imide groups is 2. The van der Waals surface area contributed by atoms with E-state index in [0.717, 1.165) is 20.5 Å². The van der Waals surface area contributed by atoms with Crippen LogP contribution in [0.25, 0.3) is 6.08 Å². The fraction of sp³-hybridized carbons (Fsp3) is 0.121. The van der Waals surface area contributed by atoms with E-state index in [4.69, 9.17) is 37.4 Å². The standard InChI is InChI=1S/C33H25BrCl2N2O6/c1-2-42-29-17-22(16-28(36)30(29)44-19-21-5-9-24(35)10-6-21)15-27-31(39)37-33(41)38(32(27)40)25-11-13-26(14-12-25)43-18-20-3-7-23(34)8-4-20/h3-17H,2,18-19H2,1H3,(H,37,39,41)/b27-15+. The third-order valence-electron chi connectivity index (χ3n) is 6.45. The van der Waals surface area contributed by atoms with Crippen molar-refractivity contribution in [2.75, 3.05) is 11.5 Å².